The first-order chi connectivity index (χ1) is 14.9. The molecule has 158 valence electrons. The molecule has 0 unspecified atom stereocenters. The quantitative estimate of drug-likeness (QED) is 0.504. The number of nitrogens with one attached hydrogen (secondary N) is 1. The smallest absolute Gasteiger partial charge is 0.257 e. The maximum Gasteiger partial charge on any atom is 0.257 e. The summed E-state index contributed by atoms with van der Waals surface area (Å²) in [7, 11) is 1.56. The number of carbonyl (C=O) groups excluding carboxylic acids is 1. The van der Waals surface area contributed by atoms with Crippen LogP contribution in [0, 0.1) is 20.8 Å². The Morgan fingerprint density at radius 1 is 1.03 bits per heavy atom. The van der Waals surface area contributed by atoms with Crippen molar-refractivity contribution in [3.05, 3.63) is 76.3 Å². The van der Waals surface area contributed by atoms with Gasteiger partial charge in [0, 0.05) is 22.8 Å². The summed E-state index contributed by atoms with van der Waals surface area (Å²) in [6.45, 7) is 5.81. The van der Waals surface area contributed by atoms with Crippen LogP contribution in [-0.2, 0) is 0 Å². The van der Waals surface area contributed by atoms with Crippen LogP contribution in [-0.4, -0.2) is 37.8 Å². The molecular weight excluding hydrogens is 416 g/mol. The fraction of sp³-hybridized carbons (Fsp3) is 0.182. The number of halogens is 1. The summed E-state index contributed by atoms with van der Waals surface area (Å²) in [6, 6.07) is 14.7. The van der Waals surface area contributed by atoms with E-state index >= 15 is 0 Å². The predicted molar refractivity (Wildman–Crippen MR) is 119 cm³/mol. The van der Waals surface area contributed by atoms with Crippen LogP contribution in [0.25, 0.3) is 11.4 Å². The number of methoxy groups -OCH3 is 1. The number of amides is 1. The number of benzene rings is 2. The number of ether oxygens (including phenoxy) is 1. The number of hydrogen-bond donors (Lipinski definition) is 1. The van der Waals surface area contributed by atoms with Gasteiger partial charge in [-0.3, -0.25) is 4.79 Å². The van der Waals surface area contributed by atoms with Gasteiger partial charge in [-0.2, -0.15) is 4.68 Å². The summed E-state index contributed by atoms with van der Waals surface area (Å²) >= 11 is 6.36. The van der Waals surface area contributed by atoms with Gasteiger partial charge in [0.2, 0.25) is 0 Å². The Kier molecular flexibility index (Phi) is 5.48. The lowest BCUT2D eigenvalue weighted by Gasteiger charge is -2.14. The van der Waals surface area contributed by atoms with Crippen molar-refractivity contribution in [1.29, 1.82) is 0 Å². The van der Waals surface area contributed by atoms with E-state index in [4.69, 9.17) is 16.3 Å². The molecule has 4 aromatic rings. The van der Waals surface area contributed by atoms with Crippen LogP contribution in [0.3, 0.4) is 0 Å². The van der Waals surface area contributed by atoms with Gasteiger partial charge in [0.1, 0.15) is 11.4 Å². The van der Waals surface area contributed by atoms with Crippen LogP contribution in [0.15, 0.2) is 48.5 Å². The number of rotatable bonds is 5. The zero-order valence-electron chi connectivity index (χ0n) is 17.5. The minimum Gasteiger partial charge on any atom is -0.494 e. The molecule has 1 N–H and O–H groups in total. The Bertz CT molecular complexity index is 1260. The van der Waals surface area contributed by atoms with E-state index in [-0.39, 0.29) is 5.91 Å². The minimum absolute atomic E-state index is 0.320. The van der Waals surface area contributed by atoms with Crippen LogP contribution in [0.1, 0.15) is 27.6 Å². The van der Waals surface area contributed by atoms with Crippen LogP contribution < -0.4 is 10.1 Å². The second kappa shape index (κ2) is 8.23. The average Bonchev–Trinajstić information content (AvgIpc) is 3.33. The van der Waals surface area contributed by atoms with Gasteiger partial charge in [-0.1, -0.05) is 11.6 Å². The minimum atomic E-state index is -0.320. The van der Waals surface area contributed by atoms with E-state index in [0.717, 1.165) is 17.1 Å². The number of hydrogen-bond acceptors (Lipinski definition) is 5. The summed E-state index contributed by atoms with van der Waals surface area (Å²) in [5, 5.41) is 14.8. The highest BCUT2D eigenvalue weighted by atomic mass is 35.5. The highest BCUT2D eigenvalue weighted by Gasteiger charge is 2.16. The fourth-order valence-electron chi connectivity index (χ4n) is 3.49. The fourth-order valence-corrected chi connectivity index (χ4v) is 3.69. The molecule has 2 heterocycles. The van der Waals surface area contributed by atoms with E-state index in [1.54, 1.807) is 49.0 Å². The van der Waals surface area contributed by atoms with Crippen molar-refractivity contribution in [3.63, 3.8) is 0 Å². The summed E-state index contributed by atoms with van der Waals surface area (Å²) in [4.78, 5) is 13.1. The van der Waals surface area contributed by atoms with Gasteiger partial charge in [-0.25, -0.2) is 0 Å². The van der Waals surface area contributed by atoms with E-state index in [0.29, 0.717) is 33.5 Å². The third-order valence-corrected chi connectivity index (χ3v) is 5.34. The van der Waals surface area contributed by atoms with Crippen LogP contribution in [0.5, 0.6) is 5.75 Å². The van der Waals surface area contributed by atoms with Gasteiger partial charge >= 0.3 is 0 Å². The molecule has 0 atom stereocenters. The van der Waals surface area contributed by atoms with Gasteiger partial charge < -0.3 is 14.6 Å². The van der Waals surface area contributed by atoms with Gasteiger partial charge in [-0.15, -0.1) is 5.10 Å². The molecule has 0 aliphatic rings. The van der Waals surface area contributed by atoms with Crippen molar-refractivity contribution >= 4 is 23.2 Å². The normalized spacial score (nSPS) is 10.9. The van der Waals surface area contributed by atoms with Crippen molar-refractivity contribution in [1.82, 2.24) is 24.8 Å². The van der Waals surface area contributed by atoms with Gasteiger partial charge in [0.25, 0.3) is 5.91 Å². The zero-order valence-corrected chi connectivity index (χ0v) is 18.3. The summed E-state index contributed by atoms with van der Waals surface area (Å²) < 4.78 is 9.02. The number of tetrazole rings is 1. The first-order valence-corrected chi connectivity index (χ1v) is 9.96. The molecule has 0 saturated carbocycles. The number of aryl methyl sites for hydroxylation is 3. The SMILES string of the molecule is COc1ccc(NC(=O)c2cc(-n3c(C)ccc3C)ccc2Cl)cc1-n1nnnc1C. The Morgan fingerprint density at radius 3 is 2.42 bits per heavy atom. The molecule has 8 nitrogen and oxygen atoms in total. The molecular formula is C22H21ClN6O2. The lowest BCUT2D eigenvalue weighted by Crippen LogP contribution is -2.14. The Balaban J connectivity index is 1.68. The molecule has 0 saturated heterocycles. The summed E-state index contributed by atoms with van der Waals surface area (Å²) in [6.07, 6.45) is 0. The first kappa shape index (κ1) is 20.6. The summed E-state index contributed by atoms with van der Waals surface area (Å²) in [5.74, 6) is 0.848. The lowest BCUT2D eigenvalue weighted by atomic mass is 10.1. The highest BCUT2D eigenvalue weighted by molar-refractivity contribution is 6.34. The maximum absolute atomic E-state index is 13.1. The van der Waals surface area contributed by atoms with Crippen LogP contribution in [0.4, 0.5) is 5.69 Å². The largest absolute Gasteiger partial charge is 0.494 e. The van der Waals surface area contributed by atoms with Crippen molar-refractivity contribution in [3.8, 4) is 17.1 Å². The van der Waals surface area contributed by atoms with E-state index in [9.17, 15) is 4.79 Å². The highest BCUT2D eigenvalue weighted by Crippen LogP contribution is 2.28. The number of anilines is 1. The molecule has 31 heavy (non-hydrogen) atoms. The van der Waals surface area contributed by atoms with Crippen molar-refractivity contribution in [2.45, 2.75) is 20.8 Å². The third-order valence-electron chi connectivity index (χ3n) is 5.01. The molecule has 0 spiro atoms. The number of aromatic nitrogens is 5. The standard InChI is InChI=1S/C22H21ClN6O2/c1-13-5-6-14(2)28(13)17-8-9-19(23)18(12-17)22(30)24-16-7-10-21(31-4)20(11-16)29-15(3)25-26-27-29/h5-12H,1-4H3,(H,24,30). The summed E-state index contributed by atoms with van der Waals surface area (Å²) in [5.41, 5.74) is 4.56. The lowest BCUT2D eigenvalue weighted by molar-refractivity contribution is 0.102. The molecule has 0 aliphatic heterocycles. The molecule has 4 rings (SSSR count). The number of carbonyl (C=O) groups is 1. The van der Waals surface area contributed by atoms with Crippen molar-refractivity contribution in [2.75, 3.05) is 12.4 Å². The molecule has 0 bridgehead atoms. The van der Waals surface area contributed by atoms with E-state index < -0.39 is 0 Å². The molecule has 0 radical (unpaired) electrons. The first-order valence-electron chi connectivity index (χ1n) is 9.58. The van der Waals surface area contributed by atoms with Gasteiger partial charge in [-0.05, 0) is 79.7 Å². The van der Waals surface area contributed by atoms with E-state index in [2.05, 4.69) is 25.4 Å². The van der Waals surface area contributed by atoms with E-state index in [1.165, 1.54) is 0 Å². The second-order valence-corrected chi connectivity index (χ2v) is 7.50. The van der Waals surface area contributed by atoms with Crippen molar-refractivity contribution < 1.29 is 9.53 Å². The number of nitrogens with zero attached hydrogens (tertiary/aromatic N) is 5. The monoisotopic (exact) mass is 436 g/mol. The maximum atomic E-state index is 13.1. The Hall–Kier alpha value is -3.65. The topological polar surface area (TPSA) is 86.9 Å². The average molecular weight is 437 g/mol. The second-order valence-electron chi connectivity index (χ2n) is 7.09. The third kappa shape index (κ3) is 3.89. The molecule has 1 amide bonds. The molecule has 0 fully saturated rings. The zero-order chi connectivity index (χ0) is 22.1. The molecule has 9 heteroatoms. The Morgan fingerprint density at radius 2 is 1.77 bits per heavy atom. The van der Waals surface area contributed by atoms with Crippen molar-refractivity contribution in [2.24, 2.45) is 0 Å². The van der Waals surface area contributed by atoms with E-state index in [1.807, 2.05) is 32.0 Å². The van der Waals surface area contributed by atoms with Crippen LogP contribution >= 0.6 is 11.6 Å². The van der Waals surface area contributed by atoms with Gasteiger partial charge in [0.05, 0.1) is 17.7 Å². The Labute approximate surface area is 184 Å². The molecule has 2 aromatic carbocycles. The van der Waals surface area contributed by atoms with Crippen LogP contribution in [0.2, 0.25) is 5.02 Å². The molecule has 0 aliphatic carbocycles. The molecule has 2 aromatic heterocycles. The predicted octanol–water partition coefficient (Wildman–Crippen LogP) is 4.29. The van der Waals surface area contributed by atoms with Gasteiger partial charge in [0.15, 0.2) is 5.82 Å².